The number of nitrogens with zero attached hydrogens (tertiary/aromatic N) is 1. The molecule has 0 aliphatic rings. The lowest BCUT2D eigenvalue weighted by molar-refractivity contribution is 0.132. The van der Waals surface area contributed by atoms with Crippen molar-refractivity contribution in [2.45, 2.75) is 12.1 Å². The summed E-state index contributed by atoms with van der Waals surface area (Å²) in [5.74, 6) is -0.302. The summed E-state index contributed by atoms with van der Waals surface area (Å²) in [4.78, 5) is 0. The van der Waals surface area contributed by atoms with Gasteiger partial charge in [0, 0.05) is 28.1 Å². The minimum atomic E-state index is -0.680. The predicted octanol–water partition coefficient (Wildman–Crippen LogP) is 4.13. The summed E-state index contributed by atoms with van der Waals surface area (Å²) >= 11 is 3.47. The number of hydrogen-bond acceptors (Lipinski definition) is 2. The van der Waals surface area contributed by atoms with E-state index in [9.17, 15) is 9.50 Å². The van der Waals surface area contributed by atoms with Gasteiger partial charge in [-0.1, -0.05) is 28.1 Å². The number of benzene rings is 2. The van der Waals surface area contributed by atoms with Gasteiger partial charge < -0.3 is 15.0 Å². The molecule has 0 bridgehead atoms. The Hall–Kier alpha value is -1.40. The maximum Gasteiger partial charge on any atom is 0.123 e. The number of halogens is 3. The van der Waals surface area contributed by atoms with Gasteiger partial charge in [-0.3, -0.25) is 0 Å². The second-order valence-corrected chi connectivity index (χ2v) is 6.47. The van der Waals surface area contributed by atoms with Gasteiger partial charge in [-0.2, -0.15) is 0 Å². The number of aromatic nitrogens is 1. The number of hydrogen-bond donors (Lipinski definition) is 2. The minimum absolute atomic E-state index is 0. The van der Waals surface area contributed by atoms with E-state index >= 15 is 0 Å². The van der Waals surface area contributed by atoms with Crippen LogP contribution in [0, 0.1) is 5.82 Å². The van der Waals surface area contributed by atoms with Crippen molar-refractivity contribution in [1.29, 1.82) is 0 Å². The highest BCUT2D eigenvalue weighted by Gasteiger charge is 2.24. The van der Waals surface area contributed by atoms with Crippen molar-refractivity contribution in [2.24, 2.45) is 0 Å². The van der Waals surface area contributed by atoms with Crippen LogP contribution in [-0.4, -0.2) is 29.4 Å². The first-order valence-electron chi connectivity index (χ1n) is 7.44. The summed E-state index contributed by atoms with van der Waals surface area (Å²) in [6.07, 6.45) is 1.26. The van der Waals surface area contributed by atoms with E-state index in [-0.39, 0.29) is 24.3 Å². The monoisotopic (exact) mass is 412 g/mol. The number of nitrogens with one attached hydrogen (secondary N) is 1. The van der Waals surface area contributed by atoms with Crippen LogP contribution in [0.15, 0.2) is 59.2 Å². The number of aliphatic hydroxyl groups is 1. The summed E-state index contributed by atoms with van der Waals surface area (Å²) in [6, 6.07) is 14.0. The smallest absolute Gasteiger partial charge is 0.123 e. The molecule has 3 nitrogen and oxygen atoms in total. The first kappa shape index (κ1) is 18.9. The van der Waals surface area contributed by atoms with E-state index in [1.807, 2.05) is 41.1 Å². The molecular weight excluding hydrogens is 395 g/mol. The van der Waals surface area contributed by atoms with Crippen LogP contribution >= 0.6 is 28.3 Å². The second kappa shape index (κ2) is 8.12. The highest BCUT2D eigenvalue weighted by Crippen LogP contribution is 2.29. The van der Waals surface area contributed by atoms with Crippen molar-refractivity contribution in [3.8, 4) is 0 Å². The lowest BCUT2D eigenvalue weighted by Gasteiger charge is -2.26. The summed E-state index contributed by atoms with van der Waals surface area (Å²) in [5, 5.41) is 14.7. The summed E-state index contributed by atoms with van der Waals surface area (Å²) in [5.41, 5.74) is 1.74. The second-order valence-electron chi connectivity index (χ2n) is 5.55. The fourth-order valence-corrected chi connectivity index (χ4v) is 3.34. The van der Waals surface area contributed by atoms with Crippen LogP contribution in [0.25, 0.3) is 10.9 Å². The average Bonchev–Trinajstić information content (AvgIpc) is 2.91. The van der Waals surface area contributed by atoms with Crippen LogP contribution in [0.2, 0.25) is 0 Å². The molecule has 128 valence electrons. The van der Waals surface area contributed by atoms with Gasteiger partial charge in [0.25, 0.3) is 0 Å². The fraction of sp³-hybridized carbons (Fsp3) is 0.222. The van der Waals surface area contributed by atoms with Crippen molar-refractivity contribution in [3.05, 3.63) is 70.6 Å². The molecule has 2 N–H and O–H groups in total. The Kier molecular flexibility index (Phi) is 6.40. The standard InChI is InChI=1S/C18H18BrFN2O.ClH/c1-21-11-17(23)18(13-3-2-4-15(20)10-13)22-8-7-12-9-14(19)5-6-16(12)22;/h2-10,17-18,21,23H,11H2,1H3;1H/t17-,18+;/m1./s1. The zero-order chi connectivity index (χ0) is 16.4. The zero-order valence-electron chi connectivity index (χ0n) is 13.1. The summed E-state index contributed by atoms with van der Waals surface area (Å²) < 4.78 is 16.7. The Bertz CT molecular complexity index is 824. The Labute approximate surface area is 155 Å². The molecule has 0 fully saturated rings. The van der Waals surface area contributed by atoms with Gasteiger partial charge in [0.2, 0.25) is 0 Å². The molecule has 0 spiro atoms. The third-order valence-corrected chi connectivity index (χ3v) is 4.44. The molecule has 6 heteroatoms. The van der Waals surface area contributed by atoms with E-state index in [0.717, 1.165) is 20.9 Å². The van der Waals surface area contributed by atoms with E-state index in [2.05, 4.69) is 21.2 Å². The molecule has 0 radical (unpaired) electrons. The van der Waals surface area contributed by atoms with Crippen LogP contribution in [-0.2, 0) is 0 Å². The molecule has 3 rings (SSSR count). The molecule has 0 saturated heterocycles. The van der Waals surface area contributed by atoms with Gasteiger partial charge in [0.05, 0.1) is 12.1 Å². The Morgan fingerprint density at radius 2 is 2.00 bits per heavy atom. The first-order chi connectivity index (χ1) is 11.1. The van der Waals surface area contributed by atoms with E-state index in [1.54, 1.807) is 13.1 Å². The van der Waals surface area contributed by atoms with Gasteiger partial charge >= 0.3 is 0 Å². The van der Waals surface area contributed by atoms with E-state index in [0.29, 0.717) is 6.54 Å². The van der Waals surface area contributed by atoms with Crippen molar-refractivity contribution < 1.29 is 9.50 Å². The van der Waals surface area contributed by atoms with Crippen molar-refractivity contribution in [1.82, 2.24) is 9.88 Å². The molecule has 0 aliphatic carbocycles. The molecule has 0 saturated carbocycles. The number of rotatable bonds is 5. The Morgan fingerprint density at radius 3 is 2.71 bits per heavy atom. The third kappa shape index (κ3) is 3.81. The molecule has 0 amide bonds. The zero-order valence-corrected chi connectivity index (χ0v) is 15.5. The van der Waals surface area contributed by atoms with Crippen molar-refractivity contribution >= 4 is 39.2 Å². The van der Waals surface area contributed by atoms with Crippen LogP contribution in [0.4, 0.5) is 4.39 Å². The van der Waals surface area contributed by atoms with E-state index in [1.165, 1.54) is 12.1 Å². The Morgan fingerprint density at radius 1 is 1.21 bits per heavy atom. The number of aliphatic hydroxyl groups excluding tert-OH is 1. The molecular formula is C18H19BrClFN2O. The highest BCUT2D eigenvalue weighted by molar-refractivity contribution is 9.10. The van der Waals surface area contributed by atoms with E-state index in [4.69, 9.17) is 0 Å². The average molecular weight is 414 g/mol. The van der Waals surface area contributed by atoms with Gasteiger partial charge in [0.15, 0.2) is 0 Å². The van der Waals surface area contributed by atoms with Crippen molar-refractivity contribution in [2.75, 3.05) is 13.6 Å². The molecule has 3 aromatic rings. The topological polar surface area (TPSA) is 37.2 Å². The molecule has 0 unspecified atom stereocenters. The lowest BCUT2D eigenvalue weighted by Crippen LogP contribution is -2.33. The van der Waals surface area contributed by atoms with Gasteiger partial charge in [-0.05, 0) is 49.0 Å². The maximum absolute atomic E-state index is 13.7. The van der Waals surface area contributed by atoms with Gasteiger partial charge in [0.1, 0.15) is 5.82 Å². The summed E-state index contributed by atoms with van der Waals surface area (Å²) in [7, 11) is 1.79. The predicted molar refractivity (Wildman–Crippen MR) is 101 cm³/mol. The third-order valence-electron chi connectivity index (χ3n) is 3.95. The fourth-order valence-electron chi connectivity index (χ4n) is 2.96. The highest BCUT2D eigenvalue weighted by atomic mass is 79.9. The molecule has 2 aromatic carbocycles. The SMILES string of the molecule is CNC[C@@H](O)[C@H](c1cccc(F)c1)n1ccc2cc(Br)ccc21.Cl. The van der Waals surface area contributed by atoms with Crippen LogP contribution in [0.3, 0.4) is 0 Å². The summed E-state index contributed by atoms with van der Waals surface area (Å²) in [6.45, 7) is 0.414. The normalized spacial score (nSPS) is 13.5. The van der Waals surface area contributed by atoms with Crippen molar-refractivity contribution in [3.63, 3.8) is 0 Å². The maximum atomic E-state index is 13.7. The molecule has 0 aliphatic heterocycles. The molecule has 2 atom stereocenters. The quantitative estimate of drug-likeness (QED) is 0.660. The molecule has 24 heavy (non-hydrogen) atoms. The number of fused-ring (bicyclic) bond motifs is 1. The first-order valence-corrected chi connectivity index (χ1v) is 8.23. The van der Waals surface area contributed by atoms with Crippen LogP contribution in [0.1, 0.15) is 11.6 Å². The largest absolute Gasteiger partial charge is 0.389 e. The molecule has 1 heterocycles. The van der Waals surface area contributed by atoms with E-state index < -0.39 is 6.10 Å². The molecule has 1 aromatic heterocycles. The van der Waals surface area contributed by atoms with Gasteiger partial charge in [-0.25, -0.2) is 4.39 Å². The Balaban J connectivity index is 0.00000208. The van der Waals surface area contributed by atoms with Gasteiger partial charge in [-0.15, -0.1) is 12.4 Å². The van der Waals surface area contributed by atoms with Crippen LogP contribution in [0.5, 0.6) is 0 Å². The lowest BCUT2D eigenvalue weighted by atomic mass is 10.0. The van der Waals surface area contributed by atoms with Crippen LogP contribution < -0.4 is 5.32 Å². The number of likely N-dealkylation sites (N-methyl/N-ethyl adjacent to an activating group) is 1. The minimum Gasteiger partial charge on any atom is -0.389 e.